The Hall–Kier alpha value is -1.87. The summed E-state index contributed by atoms with van der Waals surface area (Å²) in [6.45, 7) is 4.01. The van der Waals surface area contributed by atoms with E-state index in [1.54, 1.807) is 18.3 Å². The molecule has 0 bridgehead atoms. The zero-order valence-corrected chi connectivity index (χ0v) is 18.4. The molecule has 2 unspecified atom stereocenters. The van der Waals surface area contributed by atoms with Gasteiger partial charge in [0, 0.05) is 10.9 Å². The molecule has 0 radical (unpaired) electrons. The van der Waals surface area contributed by atoms with Gasteiger partial charge >= 0.3 is 6.03 Å². The average Bonchev–Trinajstić information content (AvgIpc) is 3.28. The number of urea groups is 1. The maximum Gasteiger partial charge on any atom is 0.321 e. The summed E-state index contributed by atoms with van der Waals surface area (Å²) in [4.78, 5) is 35.8. The number of thioether (sulfide) groups is 1. The highest BCUT2D eigenvalue weighted by atomic mass is 32.2. The standard InChI is InChI=1S/C20H27N5O2S2/c1-10-7-8-13-14(9-10)29-18-15(13)16(21)23-20(25-18)28-11(2)17(26)24-19(27)22-12-5-3-4-6-12/h10-12H,3-9H2,1-2H3,(H2,21,23,25)(H2,22,24,26,27). The number of nitrogens with zero attached hydrogens (tertiary/aromatic N) is 2. The maximum atomic E-state index is 12.4. The molecule has 1 fully saturated rings. The van der Waals surface area contributed by atoms with E-state index >= 15 is 0 Å². The number of aromatic nitrogens is 2. The van der Waals surface area contributed by atoms with Crippen molar-refractivity contribution in [1.29, 1.82) is 0 Å². The first-order valence-electron chi connectivity index (χ1n) is 10.3. The fourth-order valence-electron chi connectivity index (χ4n) is 4.12. The number of imide groups is 1. The maximum absolute atomic E-state index is 12.4. The second-order valence-corrected chi connectivity index (χ2v) is 10.5. The van der Waals surface area contributed by atoms with Crippen molar-refractivity contribution in [2.24, 2.45) is 5.92 Å². The highest BCUT2D eigenvalue weighted by Gasteiger charge is 2.25. The van der Waals surface area contributed by atoms with Gasteiger partial charge in [0.1, 0.15) is 10.6 Å². The van der Waals surface area contributed by atoms with Crippen molar-refractivity contribution in [2.45, 2.75) is 75.2 Å². The van der Waals surface area contributed by atoms with Gasteiger partial charge in [0.25, 0.3) is 0 Å². The van der Waals surface area contributed by atoms with Crippen molar-refractivity contribution in [3.05, 3.63) is 10.4 Å². The normalized spacial score (nSPS) is 20.4. The summed E-state index contributed by atoms with van der Waals surface area (Å²) in [5, 5.41) is 6.24. The number of aryl methyl sites for hydroxylation is 1. The zero-order chi connectivity index (χ0) is 20.5. The molecule has 9 heteroatoms. The molecule has 0 saturated heterocycles. The van der Waals surface area contributed by atoms with Crippen LogP contribution in [0.3, 0.4) is 0 Å². The lowest BCUT2D eigenvalue weighted by Crippen LogP contribution is -2.45. The summed E-state index contributed by atoms with van der Waals surface area (Å²) < 4.78 is 0. The first kappa shape index (κ1) is 20.4. The highest BCUT2D eigenvalue weighted by Crippen LogP contribution is 2.40. The lowest BCUT2D eigenvalue weighted by molar-refractivity contribution is -0.119. The van der Waals surface area contributed by atoms with Gasteiger partial charge in [-0.15, -0.1) is 11.3 Å². The van der Waals surface area contributed by atoms with Crippen molar-refractivity contribution >= 4 is 51.1 Å². The number of hydrogen-bond donors (Lipinski definition) is 3. The monoisotopic (exact) mass is 433 g/mol. The molecule has 156 valence electrons. The van der Waals surface area contributed by atoms with E-state index in [9.17, 15) is 9.59 Å². The molecule has 2 atom stereocenters. The molecule has 2 aliphatic rings. The number of carbonyl (C=O) groups excluding carboxylic acids is 2. The Morgan fingerprint density at radius 2 is 2.00 bits per heavy atom. The van der Waals surface area contributed by atoms with Crippen molar-refractivity contribution in [3.8, 4) is 0 Å². The van der Waals surface area contributed by atoms with Gasteiger partial charge in [-0.2, -0.15) is 0 Å². The third-order valence-electron chi connectivity index (χ3n) is 5.74. The van der Waals surface area contributed by atoms with E-state index in [0.717, 1.165) is 55.2 Å². The van der Waals surface area contributed by atoms with Crippen LogP contribution in [0.2, 0.25) is 0 Å². The predicted octanol–water partition coefficient (Wildman–Crippen LogP) is 3.65. The molecule has 3 amide bonds. The number of amides is 3. The molecule has 4 rings (SSSR count). The number of nitrogens with one attached hydrogen (secondary N) is 2. The fraction of sp³-hybridized carbons (Fsp3) is 0.600. The molecule has 0 aliphatic heterocycles. The summed E-state index contributed by atoms with van der Waals surface area (Å²) in [6, 6.07) is -0.255. The van der Waals surface area contributed by atoms with Crippen LogP contribution in [0.4, 0.5) is 10.6 Å². The number of fused-ring (bicyclic) bond motifs is 3. The first-order chi connectivity index (χ1) is 13.9. The van der Waals surface area contributed by atoms with Crippen molar-refractivity contribution in [2.75, 3.05) is 5.73 Å². The van der Waals surface area contributed by atoms with E-state index < -0.39 is 11.3 Å². The van der Waals surface area contributed by atoms with Crippen molar-refractivity contribution < 1.29 is 9.59 Å². The number of carbonyl (C=O) groups is 2. The SMILES string of the molecule is CC1CCc2c(sc3nc(SC(C)C(=O)NC(=O)NC4CCCC4)nc(N)c23)C1. The second kappa shape index (κ2) is 8.47. The van der Waals surface area contributed by atoms with Crippen LogP contribution in [-0.4, -0.2) is 33.2 Å². The van der Waals surface area contributed by atoms with Gasteiger partial charge in [0.15, 0.2) is 5.16 Å². The van der Waals surface area contributed by atoms with Gasteiger partial charge in [-0.25, -0.2) is 14.8 Å². The minimum atomic E-state index is -0.504. The van der Waals surface area contributed by atoms with Gasteiger partial charge in [-0.05, 0) is 50.5 Å². The van der Waals surface area contributed by atoms with Crippen LogP contribution >= 0.6 is 23.1 Å². The number of hydrogen-bond acceptors (Lipinski definition) is 7. The molecule has 1 saturated carbocycles. The van der Waals surface area contributed by atoms with Crippen LogP contribution in [0.5, 0.6) is 0 Å². The van der Waals surface area contributed by atoms with E-state index in [4.69, 9.17) is 5.73 Å². The third kappa shape index (κ3) is 4.50. The lowest BCUT2D eigenvalue weighted by Gasteiger charge is -2.17. The van der Waals surface area contributed by atoms with Crippen LogP contribution in [0.25, 0.3) is 10.2 Å². The first-order valence-corrected chi connectivity index (χ1v) is 12.0. The van der Waals surface area contributed by atoms with E-state index in [1.165, 1.54) is 22.2 Å². The molecule has 0 spiro atoms. The molecule has 0 aromatic carbocycles. The van der Waals surface area contributed by atoms with Gasteiger partial charge < -0.3 is 11.1 Å². The average molecular weight is 434 g/mol. The Balaban J connectivity index is 1.43. The van der Waals surface area contributed by atoms with E-state index in [-0.39, 0.29) is 11.9 Å². The molecule has 2 aromatic heterocycles. The molecule has 2 heterocycles. The number of rotatable bonds is 4. The lowest BCUT2D eigenvalue weighted by atomic mass is 9.89. The largest absolute Gasteiger partial charge is 0.383 e. The Morgan fingerprint density at radius 3 is 2.76 bits per heavy atom. The van der Waals surface area contributed by atoms with Gasteiger partial charge in [-0.3, -0.25) is 10.1 Å². The molecular weight excluding hydrogens is 406 g/mol. The number of anilines is 1. The number of thiophene rings is 1. The second-order valence-electron chi connectivity index (χ2n) is 8.13. The minimum Gasteiger partial charge on any atom is -0.383 e. The quantitative estimate of drug-likeness (QED) is 0.501. The Morgan fingerprint density at radius 1 is 1.24 bits per heavy atom. The summed E-state index contributed by atoms with van der Waals surface area (Å²) in [5.74, 6) is 0.806. The number of nitrogen functional groups attached to an aromatic ring is 1. The van der Waals surface area contributed by atoms with E-state index in [2.05, 4.69) is 27.5 Å². The Kier molecular flexibility index (Phi) is 5.96. The fourth-order valence-corrected chi connectivity index (χ4v) is 6.35. The zero-order valence-electron chi connectivity index (χ0n) is 16.8. The Bertz CT molecular complexity index is 939. The topological polar surface area (TPSA) is 110 Å². The Labute approximate surface area is 178 Å². The molecule has 7 nitrogen and oxygen atoms in total. The molecule has 29 heavy (non-hydrogen) atoms. The van der Waals surface area contributed by atoms with Gasteiger partial charge in [0.05, 0.1) is 10.6 Å². The third-order valence-corrected chi connectivity index (χ3v) is 7.85. The summed E-state index contributed by atoms with van der Waals surface area (Å²) >= 11 is 2.91. The predicted molar refractivity (Wildman–Crippen MR) is 117 cm³/mol. The molecule has 2 aromatic rings. The van der Waals surface area contributed by atoms with Crippen LogP contribution in [0.1, 0.15) is 56.4 Å². The van der Waals surface area contributed by atoms with Crippen LogP contribution in [-0.2, 0) is 17.6 Å². The smallest absolute Gasteiger partial charge is 0.321 e. The van der Waals surface area contributed by atoms with Crippen LogP contribution < -0.4 is 16.4 Å². The number of nitrogens with two attached hydrogens (primary N) is 1. The molecule has 2 aliphatic carbocycles. The summed E-state index contributed by atoms with van der Waals surface area (Å²) in [5.41, 5.74) is 7.56. The van der Waals surface area contributed by atoms with Gasteiger partial charge in [-0.1, -0.05) is 31.5 Å². The van der Waals surface area contributed by atoms with Crippen LogP contribution in [0.15, 0.2) is 5.16 Å². The highest BCUT2D eigenvalue weighted by molar-refractivity contribution is 8.00. The van der Waals surface area contributed by atoms with Crippen molar-refractivity contribution in [1.82, 2.24) is 20.6 Å². The van der Waals surface area contributed by atoms with Gasteiger partial charge in [0.2, 0.25) is 5.91 Å². The summed E-state index contributed by atoms with van der Waals surface area (Å²) in [6.07, 6.45) is 7.44. The van der Waals surface area contributed by atoms with E-state index in [0.29, 0.717) is 16.9 Å². The molecule has 4 N–H and O–H groups in total. The van der Waals surface area contributed by atoms with Crippen LogP contribution in [0, 0.1) is 5.92 Å². The molecular formula is C20H27N5O2S2. The van der Waals surface area contributed by atoms with Crippen molar-refractivity contribution in [3.63, 3.8) is 0 Å². The van der Waals surface area contributed by atoms with E-state index in [1.807, 2.05) is 0 Å². The summed E-state index contributed by atoms with van der Waals surface area (Å²) in [7, 11) is 0. The minimum absolute atomic E-state index is 0.170.